The first-order valence-corrected chi connectivity index (χ1v) is 5.41. The van der Waals surface area contributed by atoms with Crippen molar-refractivity contribution in [1.82, 2.24) is 0 Å². The summed E-state index contributed by atoms with van der Waals surface area (Å²) in [4.78, 5) is 10.3. The van der Waals surface area contributed by atoms with E-state index in [1.807, 2.05) is 6.08 Å². The summed E-state index contributed by atoms with van der Waals surface area (Å²) >= 11 is 0. The number of hydrazone groups is 1. The number of nitro groups is 1. The van der Waals surface area contributed by atoms with Gasteiger partial charge in [-0.25, -0.2) is 5.01 Å². The van der Waals surface area contributed by atoms with Gasteiger partial charge in [0.05, 0.1) is 16.8 Å². The molecular formula is C12H13N3O3. The fourth-order valence-corrected chi connectivity index (χ4v) is 1.67. The molecule has 1 aliphatic rings. The van der Waals surface area contributed by atoms with Crippen LogP contribution in [0.1, 0.15) is 5.56 Å². The Labute approximate surface area is 104 Å². The molecule has 2 rings (SSSR count). The molecule has 18 heavy (non-hydrogen) atoms. The average molecular weight is 247 g/mol. The van der Waals surface area contributed by atoms with E-state index in [9.17, 15) is 10.1 Å². The van der Waals surface area contributed by atoms with Gasteiger partial charge < -0.3 is 4.74 Å². The number of hydrogen-bond acceptors (Lipinski definition) is 5. The summed E-state index contributed by atoms with van der Waals surface area (Å²) in [6, 6.07) is 4.88. The number of aryl methyl sites for hydroxylation is 1. The Kier molecular flexibility index (Phi) is 3.38. The second kappa shape index (κ2) is 4.97. The molecule has 0 spiro atoms. The predicted molar refractivity (Wildman–Crippen MR) is 68.7 cm³/mol. The van der Waals surface area contributed by atoms with Crippen LogP contribution < -0.4 is 5.01 Å². The summed E-state index contributed by atoms with van der Waals surface area (Å²) in [5, 5.41) is 16.6. The molecule has 0 radical (unpaired) electrons. The Morgan fingerprint density at radius 3 is 2.78 bits per heavy atom. The van der Waals surface area contributed by atoms with E-state index in [2.05, 4.69) is 5.10 Å². The highest BCUT2D eigenvalue weighted by molar-refractivity contribution is 5.71. The summed E-state index contributed by atoms with van der Waals surface area (Å²) in [6.07, 6.45) is 5.16. The number of rotatable bonds is 3. The Morgan fingerprint density at radius 1 is 1.50 bits per heavy atom. The lowest BCUT2D eigenvalue weighted by atomic mass is 10.2. The summed E-state index contributed by atoms with van der Waals surface area (Å²) < 4.78 is 5.10. The van der Waals surface area contributed by atoms with Crippen molar-refractivity contribution in [2.24, 2.45) is 5.10 Å². The molecule has 1 aromatic carbocycles. The van der Waals surface area contributed by atoms with Crippen LogP contribution in [0.5, 0.6) is 0 Å². The number of nitrogens with zero attached hydrogens (tertiary/aromatic N) is 3. The number of methoxy groups -OCH3 is 1. The third-order valence-corrected chi connectivity index (χ3v) is 2.67. The van der Waals surface area contributed by atoms with E-state index in [0.717, 1.165) is 5.69 Å². The third kappa shape index (κ3) is 2.38. The molecule has 1 unspecified atom stereocenters. The molecule has 6 nitrogen and oxygen atoms in total. The van der Waals surface area contributed by atoms with E-state index in [1.54, 1.807) is 43.6 Å². The maximum absolute atomic E-state index is 10.7. The zero-order chi connectivity index (χ0) is 13.1. The molecule has 0 bridgehead atoms. The molecule has 1 heterocycles. The highest BCUT2D eigenvalue weighted by Gasteiger charge is 2.14. The highest BCUT2D eigenvalue weighted by atomic mass is 16.6. The Balaban J connectivity index is 2.24. The summed E-state index contributed by atoms with van der Waals surface area (Å²) in [5.74, 6) is 0. The van der Waals surface area contributed by atoms with Crippen LogP contribution in [0.25, 0.3) is 0 Å². The van der Waals surface area contributed by atoms with Crippen molar-refractivity contribution in [1.29, 1.82) is 0 Å². The SMILES string of the molecule is COC1C=CN(c2ccc([N+](=O)[O-])c(C)c2)N=C1. The van der Waals surface area contributed by atoms with Crippen LogP contribution in [0, 0.1) is 17.0 Å². The number of anilines is 1. The first-order chi connectivity index (χ1) is 8.61. The van der Waals surface area contributed by atoms with Gasteiger partial charge in [-0.15, -0.1) is 0 Å². The van der Waals surface area contributed by atoms with Crippen molar-refractivity contribution < 1.29 is 9.66 Å². The smallest absolute Gasteiger partial charge is 0.272 e. The van der Waals surface area contributed by atoms with E-state index in [1.165, 1.54) is 6.07 Å². The van der Waals surface area contributed by atoms with Crippen molar-refractivity contribution in [2.75, 3.05) is 12.1 Å². The maximum atomic E-state index is 10.7. The van der Waals surface area contributed by atoms with Gasteiger partial charge in [-0.1, -0.05) is 0 Å². The largest absolute Gasteiger partial charge is 0.372 e. The third-order valence-electron chi connectivity index (χ3n) is 2.67. The topological polar surface area (TPSA) is 68.0 Å². The van der Waals surface area contributed by atoms with Crippen LogP contribution in [0.15, 0.2) is 35.6 Å². The van der Waals surface area contributed by atoms with Gasteiger partial charge in [0.2, 0.25) is 0 Å². The molecule has 0 saturated heterocycles. The van der Waals surface area contributed by atoms with Crippen molar-refractivity contribution in [3.63, 3.8) is 0 Å². The van der Waals surface area contributed by atoms with Crippen molar-refractivity contribution in [3.05, 3.63) is 46.2 Å². The van der Waals surface area contributed by atoms with Crippen molar-refractivity contribution >= 4 is 17.6 Å². The number of benzene rings is 1. The van der Waals surface area contributed by atoms with Gasteiger partial charge >= 0.3 is 0 Å². The Bertz CT molecular complexity index is 511. The van der Waals surface area contributed by atoms with Gasteiger partial charge in [0.25, 0.3) is 5.69 Å². The normalized spacial score (nSPS) is 18.1. The predicted octanol–water partition coefficient (Wildman–Crippen LogP) is 2.24. The van der Waals surface area contributed by atoms with E-state index in [0.29, 0.717) is 5.56 Å². The number of ether oxygens (including phenoxy) is 1. The van der Waals surface area contributed by atoms with Gasteiger partial charge in [0, 0.05) is 24.9 Å². The molecule has 0 aliphatic carbocycles. The van der Waals surface area contributed by atoms with Crippen LogP contribution in [0.2, 0.25) is 0 Å². The van der Waals surface area contributed by atoms with Crippen molar-refractivity contribution in [3.8, 4) is 0 Å². The zero-order valence-electron chi connectivity index (χ0n) is 10.1. The minimum Gasteiger partial charge on any atom is -0.372 e. The van der Waals surface area contributed by atoms with E-state index >= 15 is 0 Å². The molecular weight excluding hydrogens is 234 g/mol. The summed E-state index contributed by atoms with van der Waals surface area (Å²) in [7, 11) is 1.60. The first kappa shape index (κ1) is 12.3. The second-order valence-electron chi connectivity index (χ2n) is 3.88. The van der Waals surface area contributed by atoms with Gasteiger partial charge in [0.1, 0.15) is 6.10 Å². The summed E-state index contributed by atoms with van der Waals surface area (Å²) in [5.41, 5.74) is 1.49. The van der Waals surface area contributed by atoms with Gasteiger partial charge in [-0.2, -0.15) is 5.10 Å². The first-order valence-electron chi connectivity index (χ1n) is 5.41. The van der Waals surface area contributed by atoms with Crippen LogP contribution in [-0.2, 0) is 4.74 Å². The molecule has 1 aliphatic heterocycles. The molecule has 1 atom stereocenters. The average Bonchev–Trinajstić information content (AvgIpc) is 2.38. The lowest BCUT2D eigenvalue weighted by Gasteiger charge is -2.19. The summed E-state index contributed by atoms with van der Waals surface area (Å²) in [6.45, 7) is 1.71. The molecule has 1 aromatic rings. The molecule has 0 aromatic heterocycles. The molecule has 0 saturated carbocycles. The zero-order valence-corrected chi connectivity index (χ0v) is 10.1. The van der Waals surface area contributed by atoms with Gasteiger partial charge in [-0.05, 0) is 25.1 Å². The molecule has 94 valence electrons. The molecule has 0 fully saturated rings. The monoisotopic (exact) mass is 247 g/mol. The fourth-order valence-electron chi connectivity index (χ4n) is 1.67. The Morgan fingerprint density at radius 2 is 2.28 bits per heavy atom. The maximum Gasteiger partial charge on any atom is 0.272 e. The van der Waals surface area contributed by atoms with E-state index in [4.69, 9.17) is 4.74 Å². The number of nitro benzene ring substituents is 1. The lowest BCUT2D eigenvalue weighted by Crippen LogP contribution is -2.20. The molecule has 0 amide bonds. The molecule has 6 heteroatoms. The lowest BCUT2D eigenvalue weighted by molar-refractivity contribution is -0.385. The minimum atomic E-state index is -0.393. The van der Waals surface area contributed by atoms with E-state index < -0.39 is 4.92 Å². The molecule has 0 N–H and O–H groups in total. The minimum absolute atomic E-state index is 0.110. The standard InChI is InChI=1S/C12H13N3O3/c1-9-7-10(3-4-12(9)15(16)17)14-6-5-11(18-2)8-13-14/h3-8,11H,1-2H3. The van der Waals surface area contributed by atoms with Crippen molar-refractivity contribution in [2.45, 2.75) is 13.0 Å². The van der Waals surface area contributed by atoms with Crippen LogP contribution in [0.4, 0.5) is 11.4 Å². The van der Waals surface area contributed by atoms with Crippen LogP contribution in [-0.4, -0.2) is 24.4 Å². The highest BCUT2D eigenvalue weighted by Crippen LogP contribution is 2.25. The van der Waals surface area contributed by atoms with Gasteiger partial charge in [0.15, 0.2) is 0 Å². The number of hydrogen-bond donors (Lipinski definition) is 0. The van der Waals surface area contributed by atoms with Crippen LogP contribution >= 0.6 is 0 Å². The second-order valence-corrected chi connectivity index (χ2v) is 3.88. The van der Waals surface area contributed by atoms with E-state index in [-0.39, 0.29) is 11.8 Å². The Hall–Kier alpha value is -2.21. The van der Waals surface area contributed by atoms with Gasteiger partial charge in [-0.3, -0.25) is 10.1 Å². The fraction of sp³-hybridized carbons (Fsp3) is 0.250. The van der Waals surface area contributed by atoms with Crippen LogP contribution in [0.3, 0.4) is 0 Å². The quantitative estimate of drug-likeness (QED) is 0.606.